The predicted molar refractivity (Wildman–Crippen MR) is 62.7 cm³/mol. The smallest absolute Gasteiger partial charge is 0.116 e. The van der Waals surface area contributed by atoms with Gasteiger partial charge in [-0.1, -0.05) is 11.8 Å². The van der Waals surface area contributed by atoms with Gasteiger partial charge in [0.05, 0.1) is 16.5 Å². The van der Waals surface area contributed by atoms with Crippen molar-refractivity contribution in [1.82, 2.24) is 9.97 Å². The molecular weight excluding hydrogens is 276 g/mol. The maximum Gasteiger partial charge on any atom is 0.116 e. The van der Waals surface area contributed by atoms with Crippen LogP contribution in [0.2, 0.25) is 0 Å². The standard InChI is InChI=1S/C10H9BrN2OS/c1-7-2-3-14-9(7)5-15-10-8(11)4-12-6-13-10/h2-4,6H,5H2,1H3. The van der Waals surface area contributed by atoms with E-state index in [0.29, 0.717) is 0 Å². The van der Waals surface area contributed by atoms with Crippen LogP contribution in [0.25, 0.3) is 0 Å². The van der Waals surface area contributed by atoms with Gasteiger partial charge in [-0.15, -0.1) is 0 Å². The van der Waals surface area contributed by atoms with Crippen LogP contribution in [0.1, 0.15) is 11.3 Å². The van der Waals surface area contributed by atoms with Crippen LogP contribution in [0.15, 0.2) is 38.8 Å². The first-order chi connectivity index (χ1) is 7.27. The van der Waals surface area contributed by atoms with Crippen molar-refractivity contribution in [3.8, 4) is 0 Å². The molecule has 0 aliphatic carbocycles. The van der Waals surface area contributed by atoms with Gasteiger partial charge in [-0.2, -0.15) is 0 Å². The number of rotatable bonds is 3. The summed E-state index contributed by atoms with van der Waals surface area (Å²) in [7, 11) is 0. The van der Waals surface area contributed by atoms with Crippen molar-refractivity contribution < 1.29 is 4.42 Å². The van der Waals surface area contributed by atoms with E-state index in [0.717, 1.165) is 21.0 Å². The third kappa shape index (κ3) is 2.60. The molecule has 3 nitrogen and oxygen atoms in total. The lowest BCUT2D eigenvalue weighted by Gasteiger charge is -2.00. The molecule has 2 aromatic heterocycles. The second-order valence-corrected chi connectivity index (χ2v) is 4.81. The van der Waals surface area contributed by atoms with Gasteiger partial charge in [0.15, 0.2) is 0 Å². The molecule has 0 aliphatic heterocycles. The number of nitrogens with zero attached hydrogens (tertiary/aromatic N) is 2. The van der Waals surface area contributed by atoms with E-state index >= 15 is 0 Å². The van der Waals surface area contributed by atoms with Crippen molar-refractivity contribution in [1.29, 1.82) is 0 Å². The number of halogens is 1. The zero-order valence-corrected chi connectivity index (χ0v) is 10.5. The Morgan fingerprint density at radius 3 is 3.07 bits per heavy atom. The minimum absolute atomic E-state index is 0.786. The molecule has 0 N–H and O–H groups in total. The monoisotopic (exact) mass is 284 g/mol. The quantitative estimate of drug-likeness (QED) is 0.639. The van der Waals surface area contributed by atoms with Gasteiger partial charge in [-0.05, 0) is 34.5 Å². The summed E-state index contributed by atoms with van der Waals surface area (Å²) in [5, 5.41) is 0.931. The molecule has 0 saturated carbocycles. The van der Waals surface area contributed by atoms with E-state index in [9.17, 15) is 0 Å². The zero-order valence-electron chi connectivity index (χ0n) is 8.11. The number of aryl methyl sites for hydroxylation is 1. The first kappa shape index (κ1) is 10.7. The van der Waals surface area contributed by atoms with Gasteiger partial charge in [0.1, 0.15) is 17.1 Å². The average Bonchev–Trinajstić information content (AvgIpc) is 2.63. The Balaban J connectivity index is 2.06. The van der Waals surface area contributed by atoms with Crippen LogP contribution in [-0.4, -0.2) is 9.97 Å². The lowest BCUT2D eigenvalue weighted by molar-refractivity contribution is 0.527. The molecule has 0 radical (unpaired) electrons. The van der Waals surface area contributed by atoms with Gasteiger partial charge in [0.25, 0.3) is 0 Å². The van der Waals surface area contributed by atoms with E-state index in [2.05, 4.69) is 25.9 Å². The van der Waals surface area contributed by atoms with E-state index in [4.69, 9.17) is 4.42 Å². The summed E-state index contributed by atoms with van der Waals surface area (Å²) in [6.45, 7) is 2.04. The Morgan fingerprint density at radius 1 is 1.53 bits per heavy atom. The first-order valence-corrected chi connectivity index (χ1v) is 6.16. The maximum atomic E-state index is 5.35. The van der Waals surface area contributed by atoms with Crippen LogP contribution in [0, 0.1) is 6.92 Å². The molecule has 15 heavy (non-hydrogen) atoms. The van der Waals surface area contributed by atoms with Gasteiger partial charge < -0.3 is 4.42 Å². The molecule has 0 saturated heterocycles. The van der Waals surface area contributed by atoms with Crippen molar-refractivity contribution in [2.75, 3.05) is 0 Å². The first-order valence-electron chi connectivity index (χ1n) is 4.38. The Labute approximate surface area is 100 Å². The van der Waals surface area contributed by atoms with Crippen molar-refractivity contribution in [2.45, 2.75) is 17.7 Å². The number of hydrogen-bond donors (Lipinski definition) is 0. The molecule has 5 heteroatoms. The summed E-state index contributed by atoms with van der Waals surface area (Å²) < 4.78 is 6.26. The molecule has 0 aliphatic rings. The van der Waals surface area contributed by atoms with E-state index in [1.165, 1.54) is 5.56 Å². The van der Waals surface area contributed by atoms with Gasteiger partial charge in [0.2, 0.25) is 0 Å². The largest absolute Gasteiger partial charge is 0.468 e. The summed E-state index contributed by atoms with van der Waals surface area (Å²) in [5.41, 5.74) is 1.17. The minimum atomic E-state index is 0.786. The van der Waals surface area contributed by atoms with E-state index < -0.39 is 0 Å². The molecular formula is C10H9BrN2OS. The fourth-order valence-corrected chi connectivity index (χ4v) is 2.53. The lowest BCUT2D eigenvalue weighted by atomic mass is 10.3. The van der Waals surface area contributed by atoms with Crippen molar-refractivity contribution in [3.05, 3.63) is 40.7 Å². The molecule has 2 rings (SSSR count). The molecule has 0 aromatic carbocycles. The third-order valence-electron chi connectivity index (χ3n) is 1.94. The molecule has 78 valence electrons. The summed E-state index contributed by atoms with van der Waals surface area (Å²) >= 11 is 5.03. The summed E-state index contributed by atoms with van der Waals surface area (Å²) in [4.78, 5) is 8.08. The second kappa shape index (κ2) is 4.81. The van der Waals surface area contributed by atoms with Crippen molar-refractivity contribution >= 4 is 27.7 Å². The van der Waals surface area contributed by atoms with Crippen LogP contribution in [-0.2, 0) is 5.75 Å². The maximum absolute atomic E-state index is 5.35. The summed E-state index contributed by atoms with van der Waals surface area (Å²) in [6, 6.07) is 1.96. The third-order valence-corrected chi connectivity index (χ3v) is 3.79. The zero-order chi connectivity index (χ0) is 10.7. The Bertz CT molecular complexity index is 458. The molecule has 0 unspecified atom stereocenters. The molecule has 0 atom stereocenters. The van der Waals surface area contributed by atoms with Gasteiger partial charge in [-0.3, -0.25) is 0 Å². The fourth-order valence-electron chi connectivity index (χ4n) is 1.09. The molecule has 0 spiro atoms. The Morgan fingerprint density at radius 2 is 2.40 bits per heavy atom. The number of aromatic nitrogens is 2. The van der Waals surface area contributed by atoms with E-state index in [1.54, 1.807) is 30.5 Å². The average molecular weight is 285 g/mol. The highest BCUT2D eigenvalue weighted by atomic mass is 79.9. The second-order valence-electron chi connectivity index (χ2n) is 2.99. The predicted octanol–water partition coefficient (Wildman–Crippen LogP) is 3.43. The SMILES string of the molecule is Cc1ccoc1CSc1ncncc1Br. The highest BCUT2D eigenvalue weighted by Crippen LogP contribution is 2.28. The Hall–Kier alpha value is -0.810. The molecule has 0 bridgehead atoms. The Kier molecular flexibility index (Phi) is 3.43. The molecule has 0 amide bonds. The van der Waals surface area contributed by atoms with Crippen LogP contribution in [0.5, 0.6) is 0 Å². The van der Waals surface area contributed by atoms with Crippen LogP contribution in [0.3, 0.4) is 0 Å². The van der Waals surface area contributed by atoms with Crippen LogP contribution in [0.4, 0.5) is 0 Å². The van der Waals surface area contributed by atoms with Gasteiger partial charge >= 0.3 is 0 Å². The number of furan rings is 1. The van der Waals surface area contributed by atoms with Crippen LogP contribution < -0.4 is 0 Å². The summed E-state index contributed by atoms with van der Waals surface area (Å²) in [6.07, 6.45) is 4.99. The van der Waals surface area contributed by atoms with Gasteiger partial charge in [0, 0.05) is 6.20 Å². The van der Waals surface area contributed by atoms with Crippen molar-refractivity contribution in [3.63, 3.8) is 0 Å². The topological polar surface area (TPSA) is 38.9 Å². The number of hydrogen-bond acceptors (Lipinski definition) is 4. The number of thioether (sulfide) groups is 1. The van der Waals surface area contributed by atoms with Crippen molar-refractivity contribution in [2.24, 2.45) is 0 Å². The van der Waals surface area contributed by atoms with Crippen LogP contribution >= 0.6 is 27.7 Å². The molecule has 2 heterocycles. The fraction of sp³-hybridized carbons (Fsp3) is 0.200. The lowest BCUT2D eigenvalue weighted by Crippen LogP contribution is -1.85. The van der Waals surface area contributed by atoms with E-state index in [-0.39, 0.29) is 0 Å². The van der Waals surface area contributed by atoms with E-state index in [1.807, 2.05) is 13.0 Å². The molecule has 2 aromatic rings. The highest BCUT2D eigenvalue weighted by Gasteiger charge is 2.06. The minimum Gasteiger partial charge on any atom is -0.468 e. The van der Waals surface area contributed by atoms with Gasteiger partial charge in [-0.25, -0.2) is 9.97 Å². The highest BCUT2D eigenvalue weighted by molar-refractivity contribution is 9.10. The molecule has 0 fully saturated rings. The normalized spacial score (nSPS) is 10.5. The summed E-state index contributed by atoms with van der Waals surface area (Å²) in [5.74, 6) is 1.78.